The molecule has 0 aliphatic carbocycles. The maximum atomic E-state index is 13.3. The van der Waals surface area contributed by atoms with Crippen LogP contribution >= 0.6 is 23.5 Å². The van der Waals surface area contributed by atoms with E-state index in [4.69, 9.17) is 0 Å². The van der Waals surface area contributed by atoms with Crippen molar-refractivity contribution in [2.75, 3.05) is 5.08 Å². The maximum Gasteiger partial charge on any atom is 0.139 e. The van der Waals surface area contributed by atoms with Crippen LogP contribution in [0.25, 0.3) is 0 Å². The average molecular weight is 284 g/mol. The summed E-state index contributed by atoms with van der Waals surface area (Å²) in [6.07, 6.45) is 0. The zero-order valence-corrected chi connectivity index (χ0v) is 10.5. The Labute approximate surface area is 115 Å². The Bertz CT molecular complexity index is 466. The molecule has 18 heavy (non-hydrogen) atoms. The smallest absolute Gasteiger partial charge is 0.139 e. The van der Waals surface area contributed by atoms with Crippen LogP contribution in [0.5, 0.6) is 0 Å². The van der Waals surface area contributed by atoms with Crippen LogP contribution in [0.2, 0.25) is 0 Å². The molecule has 0 nitrogen and oxygen atoms in total. The molecule has 4 heteroatoms. The van der Waals surface area contributed by atoms with E-state index in [1.165, 1.54) is 30.0 Å². The molecule has 0 unspecified atom stereocenters. The van der Waals surface area contributed by atoms with E-state index in [1.54, 1.807) is 11.8 Å². The number of rotatable bonds is 4. The first kappa shape index (κ1) is 15.1. The van der Waals surface area contributed by atoms with Gasteiger partial charge in [0.2, 0.25) is 0 Å². The summed E-state index contributed by atoms with van der Waals surface area (Å²) in [5, 5.41) is 0.585. The lowest BCUT2D eigenvalue weighted by molar-refractivity contribution is 0.541. The molecule has 0 saturated carbocycles. The molecule has 2 rings (SSSR count). The predicted octanol–water partition coefficient (Wildman–Crippen LogP) is 5.44. The van der Waals surface area contributed by atoms with Crippen molar-refractivity contribution in [1.82, 2.24) is 0 Å². The standard InChI is InChI=1S/C13H10F2S2.CH4/c14-11-7-4-8-12(15)13(11)17-9-16-10-5-2-1-3-6-10;/h1-8H,9H2;1H4. The van der Waals surface area contributed by atoms with Crippen molar-refractivity contribution in [1.29, 1.82) is 0 Å². The Morgan fingerprint density at radius 1 is 0.778 bits per heavy atom. The molecular weight excluding hydrogens is 270 g/mol. The predicted molar refractivity (Wildman–Crippen MR) is 76.1 cm³/mol. The molecule has 0 amide bonds. The summed E-state index contributed by atoms with van der Waals surface area (Å²) in [5.41, 5.74) is 0. The van der Waals surface area contributed by atoms with Gasteiger partial charge in [-0.2, -0.15) is 0 Å². The van der Waals surface area contributed by atoms with E-state index >= 15 is 0 Å². The van der Waals surface area contributed by atoms with Crippen LogP contribution in [-0.2, 0) is 0 Å². The first-order valence-corrected chi connectivity index (χ1v) is 6.99. The number of thioether (sulfide) groups is 2. The van der Waals surface area contributed by atoms with E-state index in [2.05, 4.69) is 0 Å². The number of halogens is 2. The molecule has 0 aliphatic rings. The first-order valence-electron chi connectivity index (χ1n) is 5.02. The zero-order valence-electron chi connectivity index (χ0n) is 8.90. The van der Waals surface area contributed by atoms with Crippen LogP contribution in [0.1, 0.15) is 7.43 Å². The van der Waals surface area contributed by atoms with Crippen molar-refractivity contribution in [3.63, 3.8) is 0 Å². The fraction of sp³-hybridized carbons (Fsp3) is 0.143. The molecule has 0 bridgehead atoms. The SMILES string of the molecule is C.Fc1cccc(F)c1SCSc1ccccc1. The van der Waals surface area contributed by atoms with E-state index in [9.17, 15) is 8.78 Å². The molecule has 0 saturated heterocycles. The minimum atomic E-state index is -0.497. The second-order valence-corrected chi connectivity index (χ2v) is 5.67. The molecule has 0 N–H and O–H groups in total. The van der Waals surface area contributed by atoms with Gasteiger partial charge in [0.05, 0.1) is 4.90 Å². The van der Waals surface area contributed by atoms with Crippen LogP contribution in [0.15, 0.2) is 58.3 Å². The number of benzene rings is 2. The molecule has 96 valence electrons. The fourth-order valence-electron chi connectivity index (χ4n) is 1.29. The quantitative estimate of drug-likeness (QED) is 0.541. The highest BCUT2D eigenvalue weighted by Crippen LogP contribution is 2.30. The third kappa shape index (κ3) is 4.03. The lowest BCUT2D eigenvalue weighted by Gasteiger charge is -2.04. The van der Waals surface area contributed by atoms with E-state index in [0.717, 1.165) is 4.90 Å². The van der Waals surface area contributed by atoms with Gasteiger partial charge in [-0.1, -0.05) is 31.7 Å². The van der Waals surface area contributed by atoms with Crippen LogP contribution < -0.4 is 0 Å². The molecular formula is C14H14F2S2. The van der Waals surface area contributed by atoms with E-state index < -0.39 is 11.6 Å². The molecule has 0 heterocycles. The second kappa shape index (κ2) is 7.44. The minimum absolute atomic E-state index is 0. The van der Waals surface area contributed by atoms with Crippen molar-refractivity contribution in [2.45, 2.75) is 17.2 Å². The van der Waals surface area contributed by atoms with Crippen LogP contribution in [0.4, 0.5) is 8.78 Å². The molecule has 0 spiro atoms. The van der Waals surface area contributed by atoms with Crippen molar-refractivity contribution in [3.05, 3.63) is 60.2 Å². The van der Waals surface area contributed by atoms with Gasteiger partial charge >= 0.3 is 0 Å². The van der Waals surface area contributed by atoms with Crippen molar-refractivity contribution < 1.29 is 8.78 Å². The van der Waals surface area contributed by atoms with Crippen molar-refractivity contribution >= 4 is 23.5 Å². The zero-order chi connectivity index (χ0) is 12.1. The molecule has 2 aromatic carbocycles. The van der Waals surface area contributed by atoms with Crippen molar-refractivity contribution in [2.24, 2.45) is 0 Å². The van der Waals surface area contributed by atoms with Gasteiger partial charge in [0, 0.05) is 9.98 Å². The Balaban J connectivity index is 0.00000162. The van der Waals surface area contributed by atoms with Gasteiger partial charge in [0.25, 0.3) is 0 Å². The molecule has 0 aliphatic heterocycles. The van der Waals surface area contributed by atoms with E-state index in [-0.39, 0.29) is 12.3 Å². The maximum absolute atomic E-state index is 13.3. The molecule has 2 aromatic rings. The van der Waals surface area contributed by atoms with Gasteiger partial charge in [-0.3, -0.25) is 0 Å². The van der Waals surface area contributed by atoms with Gasteiger partial charge in [-0.05, 0) is 24.3 Å². The highest BCUT2D eigenvalue weighted by molar-refractivity contribution is 8.16. The molecule has 0 radical (unpaired) electrons. The third-order valence-electron chi connectivity index (χ3n) is 2.09. The second-order valence-electron chi connectivity index (χ2n) is 3.27. The summed E-state index contributed by atoms with van der Waals surface area (Å²) < 4.78 is 26.6. The average Bonchev–Trinajstić information content (AvgIpc) is 2.34. The largest absolute Gasteiger partial charge is 0.206 e. The summed E-state index contributed by atoms with van der Waals surface area (Å²) in [4.78, 5) is 1.19. The summed E-state index contributed by atoms with van der Waals surface area (Å²) in [5.74, 6) is -0.993. The first-order chi connectivity index (χ1) is 8.27. The van der Waals surface area contributed by atoms with Gasteiger partial charge in [-0.25, -0.2) is 8.78 Å². The highest BCUT2D eigenvalue weighted by atomic mass is 32.2. The Morgan fingerprint density at radius 2 is 1.39 bits per heavy atom. The van der Waals surface area contributed by atoms with E-state index in [1.807, 2.05) is 30.3 Å². The fourth-order valence-corrected chi connectivity index (χ4v) is 3.31. The van der Waals surface area contributed by atoms with Crippen molar-refractivity contribution in [3.8, 4) is 0 Å². The molecule has 0 aromatic heterocycles. The Hall–Kier alpha value is -1.00. The Kier molecular flexibility index (Phi) is 6.22. The summed E-state index contributed by atoms with van der Waals surface area (Å²) in [6, 6.07) is 13.7. The third-order valence-corrected chi connectivity index (χ3v) is 4.32. The summed E-state index contributed by atoms with van der Waals surface area (Å²) >= 11 is 2.74. The minimum Gasteiger partial charge on any atom is -0.206 e. The van der Waals surface area contributed by atoms with Gasteiger partial charge in [-0.15, -0.1) is 23.5 Å². The lowest BCUT2D eigenvalue weighted by atomic mass is 10.3. The van der Waals surface area contributed by atoms with Gasteiger partial charge in [0.1, 0.15) is 11.6 Å². The summed E-state index contributed by atoms with van der Waals surface area (Å²) in [6.45, 7) is 0. The van der Waals surface area contributed by atoms with Crippen LogP contribution in [0, 0.1) is 11.6 Å². The lowest BCUT2D eigenvalue weighted by Crippen LogP contribution is -1.86. The summed E-state index contributed by atoms with van der Waals surface area (Å²) in [7, 11) is 0. The number of hydrogen-bond donors (Lipinski definition) is 0. The number of hydrogen-bond acceptors (Lipinski definition) is 2. The normalized spacial score (nSPS) is 9.89. The molecule has 0 fully saturated rings. The topological polar surface area (TPSA) is 0 Å². The van der Waals surface area contributed by atoms with Gasteiger partial charge < -0.3 is 0 Å². The highest BCUT2D eigenvalue weighted by Gasteiger charge is 2.08. The van der Waals surface area contributed by atoms with Gasteiger partial charge in [0.15, 0.2) is 0 Å². The van der Waals surface area contributed by atoms with Crippen LogP contribution in [0.3, 0.4) is 0 Å². The Morgan fingerprint density at radius 3 is 2.00 bits per heavy atom. The monoisotopic (exact) mass is 284 g/mol. The van der Waals surface area contributed by atoms with E-state index in [0.29, 0.717) is 5.08 Å². The van der Waals surface area contributed by atoms with Crippen LogP contribution in [-0.4, -0.2) is 5.08 Å². The molecule has 0 atom stereocenters.